The number of benzene rings is 1. The number of hydrogen-bond donors (Lipinski definition) is 2. The lowest BCUT2D eigenvalue weighted by atomic mass is 10.0. The number of morpholine rings is 1. The SMILES string of the molecule is CNc1ncc(C(=O)NCC(c2ccc(C)cc2)N2CCOCC2)cn1. The van der Waals surface area contributed by atoms with Crippen LogP contribution >= 0.6 is 0 Å². The Balaban J connectivity index is 1.70. The summed E-state index contributed by atoms with van der Waals surface area (Å²) in [7, 11) is 1.74. The van der Waals surface area contributed by atoms with Gasteiger partial charge in [0.05, 0.1) is 24.8 Å². The second-order valence-electron chi connectivity index (χ2n) is 6.33. The van der Waals surface area contributed by atoms with E-state index >= 15 is 0 Å². The van der Waals surface area contributed by atoms with E-state index in [4.69, 9.17) is 4.74 Å². The van der Waals surface area contributed by atoms with E-state index in [0.29, 0.717) is 18.1 Å². The van der Waals surface area contributed by atoms with Gasteiger partial charge in [-0.1, -0.05) is 29.8 Å². The van der Waals surface area contributed by atoms with Crippen LogP contribution in [0.1, 0.15) is 27.5 Å². The minimum atomic E-state index is -0.168. The van der Waals surface area contributed by atoms with Gasteiger partial charge in [0.2, 0.25) is 5.95 Å². The minimum absolute atomic E-state index is 0.112. The third-order valence-corrected chi connectivity index (χ3v) is 4.54. The fourth-order valence-electron chi connectivity index (χ4n) is 3.00. The number of rotatable bonds is 6. The third kappa shape index (κ3) is 4.56. The normalized spacial score (nSPS) is 16.1. The van der Waals surface area contributed by atoms with Crippen molar-refractivity contribution in [2.24, 2.45) is 0 Å². The molecule has 1 saturated heterocycles. The van der Waals surface area contributed by atoms with Crippen LogP contribution in [-0.2, 0) is 4.74 Å². The Morgan fingerprint density at radius 2 is 1.85 bits per heavy atom. The van der Waals surface area contributed by atoms with E-state index < -0.39 is 0 Å². The van der Waals surface area contributed by atoms with Gasteiger partial charge in [0.15, 0.2) is 0 Å². The topological polar surface area (TPSA) is 79.4 Å². The molecule has 0 radical (unpaired) electrons. The van der Waals surface area contributed by atoms with Gasteiger partial charge in [0, 0.05) is 39.1 Å². The van der Waals surface area contributed by atoms with Crippen molar-refractivity contribution in [3.63, 3.8) is 0 Å². The van der Waals surface area contributed by atoms with E-state index in [-0.39, 0.29) is 11.9 Å². The molecule has 1 aromatic heterocycles. The number of aromatic nitrogens is 2. The lowest BCUT2D eigenvalue weighted by molar-refractivity contribution is 0.0162. The molecule has 138 valence electrons. The Morgan fingerprint density at radius 1 is 1.19 bits per heavy atom. The molecule has 0 spiro atoms. The molecular weight excluding hydrogens is 330 g/mol. The molecule has 26 heavy (non-hydrogen) atoms. The lowest BCUT2D eigenvalue weighted by Crippen LogP contribution is -2.43. The monoisotopic (exact) mass is 355 g/mol. The molecule has 0 aliphatic carbocycles. The van der Waals surface area contributed by atoms with E-state index in [1.165, 1.54) is 23.5 Å². The number of carbonyl (C=O) groups excluding carboxylic acids is 1. The second kappa shape index (κ2) is 8.73. The number of nitrogens with one attached hydrogen (secondary N) is 2. The standard InChI is InChI=1S/C19H25N5O2/c1-14-3-5-15(6-4-14)17(24-7-9-26-10-8-24)13-21-18(25)16-11-22-19(20-2)23-12-16/h3-6,11-12,17H,7-10,13H2,1-2H3,(H,21,25)(H,20,22,23). The maximum Gasteiger partial charge on any atom is 0.254 e. The van der Waals surface area contributed by atoms with Crippen LogP contribution in [0.5, 0.6) is 0 Å². The van der Waals surface area contributed by atoms with E-state index in [9.17, 15) is 4.79 Å². The summed E-state index contributed by atoms with van der Waals surface area (Å²) in [6, 6.07) is 8.59. The van der Waals surface area contributed by atoms with E-state index in [1.54, 1.807) is 7.05 Å². The minimum Gasteiger partial charge on any atom is -0.379 e. The van der Waals surface area contributed by atoms with Gasteiger partial charge >= 0.3 is 0 Å². The van der Waals surface area contributed by atoms with Crippen LogP contribution in [0.3, 0.4) is 0 Å². The summed E-state index contributed by atoms with van der Waals surface area (Å²) < 4.78 is 5.47. The van der Waals surface area contributed by atoms with E-state index in [2.05, 4.69) is 56.7 Å². The van der Waals surface area contributed by atoms with Gasteiger partial charge < -0.3 is 15.4 Å². The Hall–Kier alpha value is -2.51. The fourth-order valence-corrected chi connectivity index (χ4v) is 3.00. The molecule has 1 fully saturated rings. The maximum atomic E-state index is 12.5. The van der Waals surface area contributed by atoms with Crippen molar-refractivity contribution in [1.82, 2.24) is 20.2 Å². The van der Waals surface area contributed by atoms with Gasteiger partial charge in [-0.2, -0.15) is 0 Å². The molecule has 0 bridgehead atoms. The number of carbonyl (C=O) groups is 1. The second-order valence-corrected chi connectivity index (χ2v) is 6.33. The Labute approximate surface area is 153 Å². The Kier molecular flexibility index (Phi) is 6.14. The van der Waals surface area contributed by atoms with Crippen LogP contribution in [0.2, 0.25) is 0 Å². The van der Waals surface area contributed by atoms with Crippen LogP contribution in [0, 0.1) is 6.92 Å². The molecule has 0 saturated carbocycles. The van der Waals surface area contributed by atoms with Crippen LogP contribution in [0.25, 0.3) is 0 Å². The number of nitrogens with zero attached hydrogens (tertiary/aromatic N) is 3. The highest BCUT2D eigenvalue weighted by Crippen LogP contribution is 2.22. The molecule has 3 rings (SSSR count). The zero-order chi connectivity index (χ0) is 18.4. The van der Waals surface area contributed by atoms with Crippen molar-refractivity contribution in [2.75, 3.05) is 45.2 Å². The summed E-state index contributed by atoms with van der Waals surface area (Å²) in [6.45, 7) is 5.74. The highest BCUT2D eigenvalue weighted by Gasteiger charge is 2.23. The summed E-state index contributed by atoms with van der Waals surface area (Å²) in [5.74, 6) is 0.324. The summed E-state index contributed by atoms with van der Waals surface area (Å²) in [6.07, 6.45) is 3.06. The molecular formula is C19H25N5O2. The van der Waals surface area contributed by atoms with Crippen molar-refractivity contribution in [2.45, 2.75) is 13.0 Å². The first-order chi connectivity index (χ1) is 12.7. The largest absolute Gasteiger partial charge is 0.379 e. The first kappa shape index (κ1) is 18.3. The van der Waals surface area contributed by atoms with Crippen LogP contribution in [-0.4, -0.2) is 60.7 Å². The number of hydrogen-bond acceptors (Lipinski definition) is 6. The van der Waals surface area contributed by atoms with Crippen LogP contribution < -0.4 is 10.6 Å². The Bertz CT molecular complexity index is 712. The zero-order valence-corrected chi connectivity index (χ0v) is 15.2. The first-order valence-electron chi connectivity index (χ1n) is 8.83. The lowest BCUT2D eigenvalue weighted by Gasteiger charge is -2.35. The molecule has 1 aliphatic heterocycles. The fraction of sp³-hybridized carbons (Fsp3) is 0.421. The average Bonchev–Trinajstić information content (AvgIpc) is 2.70. The molecule has 1 aliphatic rings. The average molecular weight is 355 g/mol. The molecule has 7 nitrogen and oxygen atoms in total. The highest BCUT2D eigenvalue weighted by atomic mass is 16.5. The molecule has 1 aromatic carbocycles. The molecule has 2 heterocycles. The van der Waals surface area contributed by atoms with Crippen molar-refractivity contribution in [1.29, 1.82) is 0 Å². The maximum absolute atomic E-state index is 12.5. The van der Waals surface area contributed by atoms with Crippen LogP contribution in [0.4, 0.5) is 5.95 Å². The van der Waals surface area contributed by atoms with Gasteiger partial charge in [0.1, 0.15) is 0 Å². The molecule has 2 N–H and O–H groups in total. The van der Waals surface area contributed by atoms with Crippen LogP contribution in [0.15, 0.2) is 36.7 Å². The van der Waals surface area contributed by atoms with Gasteiger partial charge in [-0.3, -0.25) is 9.69 Å². The summed E-state index contributed by atoms with van der Waals surface area (Å²) >= 11 is 0. The number of aryl methyl sites for hydroxylation is 1. The summed E-state index contributed by atoms with van der Waals surface area (Å²) in [5, 5.41) is 5.87. The molecule has 1 amide bonds. The predicted octanol–water partition coefficient (Wildman–Crippen LogP) is 1.63. The predicted molar refractivity (Wildman–Crippen MR) is 100 cm³/mol. The molecule has 2 aromatic rings. The highest BCUT2D eigenvalue weighted by molar-refractivity contribution is 5.93. The third-order valence-electron chi connectivity index (χ3n) is 4.54. The quantitative estimate of drug-likeness (QED) is 0.820. The van der Waals surface area contributed by atoms with E-state index in [1.807, 2.05) is 0 Å². The van der Waals surface area contributed by atoms with Gasteiger partial charge in [-0.15, -0.1) is 0 Å². The van der Waals surface area contributed by atoms with Gasteiger partial charge in [-0.25, -0.2) is 9.97 Å². The van der Waals surface area contributed by atoms with Gasteiger partial charge in [-0.05, 0) is 12.5 Å². The van der Waals surface area contributed by atoms with Gasteiger partial charge in [0.25, 0.3) is 5.91 Å². The first-order valence-corrected chi connectivity index (χ1v) is 8.83. The number of ether oxygens (including phenoxy) is 1. The van der Waals surface area contributed by atoms with Crippen molar-refractivity contribution in [3.8, 4) is 0 Å². The molecule has 1 atom stereocenters. The number of anilines is 1. The summed E-state index contributed by atoms with van der Waals surface area (Å²) in [4.78, 5) is 23.0. The Morgan fingerprint density at radius 3 is 2.46 bits per heavy atom. The zero-order valence-electron chi connectivity index (χ0n) is 15.2. The molecule has 7 heteroatoms. The van der Waals surface area contributed by atoms with Crippen molar-refractivity contribution >= 4 is 11.9 Å². The van der Waals surface area contributed by atoms with Crippen molar-refractivity contribution < 1.29 is 9.53 Å². The molecule has 1 unspecified atom stereocenters. The summed E-state index contributed by atoms with van der Waals surface area (Å²) in [5.41, 5.74) is 2.87. The number of amides is 1. The van der Waals surface area contributed by atoms with E-state index in [0.717, 1.165) is 26.3 Å². The smallest absolute Gasteiger partial charge is 0.254 e. The van der Waals surface area contributed by atoms with Crippen molar-refractivity contribution in [3.05, 3.63) is 53.3 Å².